The van der Waals surface area contributed by atoms with Crippen molar-refractivity contribution in [2.24, 2.45) is 17.3 Å². The van der Waals surface area contributed by atoms with Crippen LogP contribution in [0.2, 0.25) is 0 Å². The summed E-state index contributed by atoms with van der Waals surface area (Å²) in [6.07, 6.45) is 11.0. The van der Waals surface area contributed by atoms with Gasteiger partial charge in [0.25, 0.3) is 0 Å². The van der Waals surface area contributed by atoms with Crippen molar-refractivity contribution in [1.82, 2.24) is 0 Å². The summed E-state index contributed by atoms with van der Waals surface area (Å²) in [5.41, 5.74) is 3.07. The van der Waals surface area contributed by atoms with Crippen LogP contribution in [0.3, 0.4) is 0 Å². The van der Waals surface area contributed by atoms with Crippen LogP contribution in [0.25, 0.3) is 5.57 Å². The second-order valence-corrected chi connectivity index (χ2v) is 6.29. The molecule has 0 spiro atoms. The molecule has 1 aliphatic rings. The average molecular weight is 268 g/mol. The van der Waals surface area contributed by atoms with Gasteiger partial charge in [-0.25, -0.2) is 0 Å². The zero-order valence-electron chi connectivity index (χ0n) is 13.4. The van der Waals surface area contributed by atoms with E-state index < -0.39 is 0 Å². The zero-order chi connectivity index (χ0) is 14.6. The lowest BCUT2D eigenvalue weighted by atomic mass is 9.62. The number of benzene rings is 1. The lowest BCUT2D eigenvalue weighted by Gasteiger charge is -2.43. The van der Waals surface area contributed by atoms with Gasteiger partial charge in [-0.2, -0.15) is 0 Å². The molecule has 0 saturated heterocycles. The predicted molar refractivity (Wildman–Crippen MR) is 89.5 cm³/mol. The van der Waals surface area contributed by atoms with E-state index in [1.54, 1.807) is 0 Å². The third-order valence-corrected chi connectivity index (χ3v) is 5.42. The molecule has 0 radical (unpaired) electrons. The Morgan fingerprint density at radius 3 is 2.05 bits per heavy atom. The molecule has 20 heavy (non-hydrogen) atoms. The molecule has 0 fully saturated rings. The maximum absolute atomic E-state index is 2.51. The Balaban J connectivity index is 2.27. The zero-order valence-corrected chi connectivity index (χ0v) is 13.4. The first-order valence-electron chi connectivity index (χ1n) is 8.08. The highest BCUT2D eigenvalue weighted by Crippen LogP contribution is 2.47. The van der Waals surface area contributed by atoms with Crippen molar-refractivity contribution in [3.05, 3.63) is 54.1 Å². The van der Waals surface area contributed by atoms with Crippen LogP contribution in [0.4, 0.5) is 0 Å². The summed E-state index contributed by atoms with van der Waals surface area (Å²) in [7, 11) is 0. The van der Waals surface area contributed by atoms with Gasteiger partial charge in [0, 0.05) is 0 Å². The molecule has 0 bridgehead atoms. The monoisotopic (exact) mass is 268 g/mol. The van der Waals surface area contributed by atoms with Crippen LogP contribution in [0.1, 0.15) is 52.5 Å². The minimum atomic E-state index is 0.349. The molecular formula is C20H28. The van der Waals surface area contributed by atoms with Crippen LogP contribution in [0.15, 0.2) is 48.6 Å². The van der Waals surface area contributed by atoms with Gasteiger partial charge in [-0.15, -0.1) is 0 Å². The van der Waals surface area contributed by atoms with E-state index in [0.29, 0.717) is 5.41 Å². The highest BCUT2D eigenvalue weighted by Gasteiger charge is 2.37. The van der Waals surface area contributed by atoms with E-state index in [9.17, 15) is 0 Å². The van der Waals surface area contributed by atoms with Gasteiger partial charge in [0.05, 0.1) is 0 Å². The van der Waals surface area contributed by atoms with Crippen LogP contribution in [-0.2, 0) is 0 Å². The molecule has 0 heteroatoms. The van der Waals surface area contributed by atoms with Gasteiger partial charge < -0.3 is 0 Å². The second-order valence-electron chi connectivity index (χ2n) is 6.29. The quantitative estimate of drug-likeness (QED) is 0.604. The average Bonchev–Trinajstić information content (AvgIpc) is 2.54. The molecule has 1 aromatic carbocycles. The Morgan fingerprint density at radius 1 is 1.00 bits per heavy atom. The third kappa shape index (κ3) is 2.75. The van der Waals surface area contributed by atoms with Crippen molar-refractivity contribution in [3.63, 3.8) is 0 Å². The molecule has 0 saturated carbocycles. The van der Waals surface area contributed by atoms with E-state index in [-0.39, 0.29) is 0 Å². The standard InChI is InChI=1S/C20H28/c1-5-16(3)20(17(4)6-2)14-12-19(13-15-20)18-10-8-7-9-11-18/h7-14,16-17H,5-6,15H2,1-4H3. The van der Waals surface area contributed by atoms with Gasteiger partial charge >= 0.3 is 0 Å². The first-order chi connectivity index (χ1) is 9.64. The fourth-order valence-electron chi connectivity index (χ4n) is 3.49. The summed E-state index contributed by atoms with van der Waals surface area (Å²) in [6.45, 7) is 9.47. The lowest BCUT2D eigenvalue weighted by Crippen LogP contribution is -2.34. The van der Waals surface area contributed by atoms with Crippen molar-refractivity contribution in [3.8, 4) is 0 Å². The molecule has 1 aromatic rings. The fraction of sp³-hybridized carbons (Fsp3) is 0.500. The van der Waals surface area contributed by atoms with Gasteiger partial charge in [0.15, 0.2) is 0 Å². The molecule has 0 N–H and O–H groups in total. The number of rotatable bonds is 5. The van der Waals surface area contributed by atoms with E-state index in [1.165, 1.54) is 30.4 Å². The van der Waals surface area contributed by atoms with E-state index >= 15 is 0 Å². The molecule has 0 aromatic heterocycles. The van der Waals surface area contributed by atoms with Crippen LogP contribution < -0.4 is 0 Å². The normalized spacial score (nSPS) is 25.1. The van der Waals surface area contributed by atoms with Crippen molar-refractivity contribution < 1.29 is 0 Å². The van der Waals surface area contributed by atoms with Gasteiger partial charge in [0.1, 0.15) is 0 Å². The summed E-state index contributed by atoms with van der Waals surface area (Å²) in [4.78, 5) is 0. The highest BCUT2D eigenvalue weighted by molar-refractivity contribution is 5.75. The lowest BCUT2D eigenvalue weighted by molar-refractivity contribution is 0.146. The van der Waals surface area contributed by atoms with Crippen molar-refractivity contribution in [2.45, 2.75) is 47.0 Å². The summed E-state index contributed by atoms with van der Waals surface area (Å²) >= 11 is 0. The molecular weight excluding hydrogens is 240 g/mol. The van der Waals surface area contributed by atoms with Gasteiger partial charge in [-0.3, -0.25) is 0 Å². The Labute approximate surface area is 124 Å². The first-order valence-corrected chi connectivity index (χ1v) is 8.08. The Bertz CT molecular complexity index is 468. The molecule has 0 amide bonds. The highest BCUT2D eigenvalue weighted by atomic mass is 14.4. The Hall–Kier alpha value is -1.30. The van der Waals surface area contributed by atoms with Gasteiger partial charge in [-0.1, -0.05) is 89.1 Å². The Kier molecular flexibility index (Phi) is 4.86. The summed E-state index contributed by atoms with van der Waals surface area (Å²) in [5, 5.41) is 0. The van der Waals surface area contributed by atoms with Crippen LogP contribution in [-0.4, -0.2) is 0 Å². The second kappa shape index (κ2) is 6.43. The summed E-state index contributed by atoms with van der Waals surface area (Å²) in [5.74, 6) is 1.48. The van der Waals surface area contributed by atoms with E-state index in [2.05, 4.69) is 76.3 Å². The molecule has 1 aliphatic carbocycles. The van der Waals surface area contributed by atoms with E-state index in [0.717, 1.165) is 11.8 Å². The van der Waals surface area contributed by atoms with Crippen LogP contribution in [0.5, 0.6) is 0 Å². The van der Waals surface area contributed by atoms with Gasteiger partial charge in [-0.05, 0) is 34.8 Å². The smallest absolute Gasteiger partial charge is 0.00291 e. The summed E-state index contributed by atoms with van der Waals surface area (Å²) in [6, 6.07) is 10.7. The molecule has 2 atom stereocenters. The topological polar surface area (TPSA) is 0 Å². The van der Waals surface area contributed by atoms with Crippen molar-refractivity contribution in [2.75, 3.05) is 0 Å². The number of hydrogen-bond donors (Lipinski definition) is 0. The van der Waals surface area contributed by atoms with Crippen molar-refractivity contribution >= 4 is 5.57 Å². The first kappa shape index (κ1) is 15.1. The van der Waals surface area contributed by atoms with Crippen molar-refractivity contribution in [1.29, 1.82) is 0 Å². The molecule has 0 heterocycles. The molecule has 0 aliphatic heterocycles. The van der Waals surface area contributed by atoms with E-state index in [1.807, 2.05) is 0 Å². The van der Waals surface area contributed by atoms with Gasteiger partial charge in [0.2, 0.25) is 0 Å². The molecule has 0 nitrogen and oxygen atoms in total. The minimum absolute atomic E-state index is 0.349. The van der Waals surface area contributed by atoms with Crippen LogP contribution >= 0.6 is 0 Å². The number of allylic oxidation sites excluding steroid dienone is 4. The predicted octanol–water partition coefficient (Wildman–Crippen LogP) is 6.11. The largest absolute Gasteiger partial charge is 0.0769 e. The van der Waals surface area contributed by atoms with Crippen LogP contribution in [0, 0.1) is 17.3 Å². The number of hydrogen-bond acceptors (Lipinski definition) is 0. The Morgan fingerprint density at radius 2 is 1.60 bits per heavy atom. The summed E-state index contributed by atoms with van der Waals surface area (Å²) < 4.78 is 0. The maximum Gasteiger partial charge on any atom is -0.00291 e. The fourth-order valence-corrected chi connectivity index (χ4v) is 3.49. The third-order valence-electron chi connectivity index (χ3n) is 5.42. The SMILES string of the molecule is CCC(C)C1(C(C)CC)C=CC(c2ccccc2)=CC1. The minimum Gasteiger partial charge on any atom is -0.0769 e. The molecule has 2 unspecified atom stereocenters. The molecule has 2 rings (SSSR count). The van der Waals surface area contributed by atoms with E-state index in [4.69, 9.17) is 0 Å². The molecule has 108 valence electrons. The maximum atomic E-state index is 2.51.